The first kappa shape index (κ1) is 21.6. The summed E-state index contributed by atoms with van der Waals surface area (Å²) in [6.07, 6.45) is 0. The van der Waals surface area contributed by atoms with Crippen molar-refractivity contribution < 1.29 is 17.9 Å². The molecule has 2 aliphatic heterocycles. The Balaban J connectivity index is 1.68. The number of hydrogen-bond donors (Lipinski definition) is 0. The molecule has 2 heterocycles. The van der Waals surface area contributed by atoms with Crippen LogP contribution in [0.5, 0.6) is 11.5 Å². The molecule has 0 aliphatic carbocycles. The largest absolute Gasteiger partial charge is 0.497 e. The summed E-state index contributed by atoms with van der Waals surface area (Å²) in [5.41, 5.74) is 1.74. The molecule has 160 valence electrons. The maximum atomic E-state index is 12.3. The number of fused-ring (bicyclic) bond motifs is 1. The number of sulfone groups is 1. The van der Waals surface area contributed by atoms with Gasteiger partial charge in [0, 0.05) is 11.8 Å². The predicted octanol–water partition coefficient (Wildman–Crippen LogP) is 4.29. The zero-order valence-corrected chi connectivity index (χ0v) is 19.5. The quantitative estimate of drug-likeness (QED) is 0.627. The lowest BCUT2D eigenvalue weighted by Gasteiger charge is -2.28. The molecule has 2 aromatic rings. The van der Waals surface area contributed by atoms with E-state index in [9.17, 15) is 8.42 Å². The molecule has 0 saturated carbocycles. The monoisotopic (exact) mass is 486 g/mol. The Morgan fingerprint density at radius 2 is 1.90 bits per heavy atom. The molecule has 2 atom stereocenters. The van der Waals surface area contributed by atoms with Gasteiger partial charge in [0.05, 0.1) is 53.5 Å². The van der Waals surface area contributed by atoms with Gasteiger partial charge in [-0.25, -0.2) is 8.42 Å². The van der Waals surface area contributed by atoms with Crippen LogP contribution in [0, 0.1) is 0 Å². The minimum atomic E-state index is -3.14. The second-order valence-corrected chi connectivity index (χ2v) is 11.0. The number of aliphatic imine (C=N–C) groups is 1. The number of amidine groups is 1. The van der Waals surface area contributed by atoms with Gasteiger partial charge < -0.3 is 14.4 Å². The van der Waals surface area contributed by atoms with Crippen molar-refractivity contribution in [1.82, 2.24) is 0 Å². The third-order valence-corrected chi connectivity index (χ3v) is 8.58. The van der Waals surface area contributed by atoms with Crippen LogP contribution >= 0.6 is 35.0 Å². The smallest absolute Gasteiger partial charge is 0.164 e. The predicted molar refractivity (Wildman–Crippen MR) is 123 cm³/mol. The first-order valence-electron chi connectivity index (χ1n) is 9.17. The van der Waals surface area contributed by atoms with Crippen LogP contribution in [0.3, 0.4) is 0 Å². The lowest BCUT2D eigenvalue weighted by atomic mass is 10.1. The average molecular weight is 487 g/mol. The van der Waals surface area contributed by atoms with Crippen LogP contribution < -0.4 is 14.4 Å². The third-order valence-electron chi connectivity index (χ3n) is 5.11. The maximum absolute atomic E-state index is 12.3. The van der Waals surface area contributed by atoms with Crippen LogP contribution in [0.25, 0.3) is 0 Å². The van der Waals surface area contributed by atoms with E-state index in [-0.39, 0.29) is 23.6 Å². The highest BCUT2D eigenvalue weighted by molar-refractivity contribution is 8.13. The molecule has 1 fully saturated rings. The Kier molecular flexibility index (Phi) is 6.12. The van der Waals surface area contributed by atoms with E-state index in [1.54, 1.807) is 26.4 Å². The lowest BCUT2D eigenvalue weighted by molar-refractivity contribution is 0.403. The molecule has 30 heavy (non-hydrogen) atoms. The van der Waals surface area contributed by atoms with E-state index < -0.39 is 9.84 Å². The fourth-order valence-electron chi connectivity index (χ4n) is 3.68. The standard InChI is InChI=1S/C20H20Cl2N2O4S2/c1-27-13-4-6-19(28-2)17(8-13)24-18-11-30(25,26)10-16(18)23-20(24)29-9-12-3-5-14(21)15(22)7-12/h3-8,16,18H,9-11H2,1-2H3/t16-,18-/m1/s1. The normalized spacial score (nSPS) is 22.0. The molecule has 0 amide bonds. The molecule has 2 aromatic carbocycles. The minimum Gasteiger partial charge on any atom is -0.497 e. The number of anilines is 1. The van der Waals surface area contributed by atoms with E-state index in [0.717, 1.165) is 16.4 Å². The number of methoxy groups -OCH3 is 2. The first-order chi connectivity index (χ1) is 14.3. The van der Waals surface area contributed by atoms with Gasteiger partial charge in [0.25, 0.3) is 0 Å². The van der Waals surface area contributed by atoms with Crippen LogP contribution in [-0.2, 0) is 15.6 Å². The summed E-state index contributed by atoms with van der Waals surface area (Å²) in [4.78, 5) is 6.73. The highest BCUT2D eigenvalue weighted by Gasteiger charge is 2.47. The van der Waals surface area contributed by atoms with Crippen LogP contribution in [0.2, 0.25) is 10.0 Å². The molecule has 0 aromatic heterocycles. The van der Waals surface area contributed by atoms with Crippen LogP contribution in [0.1, 0.15) is 5.56 Å². The van der Waals surface area contributed by atoms with Gasteiger partial charge in [0.15, 0.2) is 15.0 Å². The summed E-state index contributed by atoms with van der Waals surface area (Å²) in [5, 5.41) is 1.75. The van der Waals surface area contributed by atoms with Crippen LogP contribution in [0.15, 0.2) is 41.4 Å². The Bertz CT molecular complexity index is 1110. The van der Waals surface area contributed by atoms with Crippen molar-refractivity contribution in [2.75, 3.05) is 30.6 Å². The van der Waals surface area contributed by atoms with E-state index in [4.69, 9.17) is 37.7 Å². The Morgan fingerprint density at radius 3 is 2.60 bits per heavy atom. The molecular formula is C20H20Cl2N2O4S2. The number of thioether (sulfide) groups is 1. The molecular weight excluding hydrogens is 467 g/mol. The van der Waals surface area contributed by atoms with E-state index in [0.29, 0.717) is 27.3 Å². The van der Waals surface area contributed by atoms with Crippen molar-refractivity contribution in [1.29, 1.82) is 0 Å². The molecule has 0 unspecified atom stereocenters. The number of ether oxygens (including phenoxy) is 2. The average Bonchev–Trinajstić information content (AvgIpc) is 3.19. The molecule has 10 heteroatoms. The fourth-order valence-corrected chi connectivity index (χ4v) is 6.90. The van der Waals surface area contributed by atoms with E-state index in [1.807, 2.05) is 29.2 Å². The minimum absolute atomic E-state index is 0.0529. The molecule has 0 spiro atoms. The Labute approximate surface area is 190 Å². The molecule has 0 N–H and O–H groups in total. The van der Waals surface area contributed by atoms with Crippen molar-refractivity contribution in [3.05, 3.63) is 52.0 Å². The molecule has 4 rings (SSSR count). The number of rotatable bonds is 5. The topological polar surface area (TPSA) is 68.2 Å². The third kappa shape index (κ3) is 4.23. The van der Waals surface area contributed by atoms with Crippen molar-refractivity contribution in [3.8, 4) is 11.5 Å². The van der Waals surface area contributed by atoms with Gasteiger partial charge in [-0.05, 0) is 29.8 Å². The number of nitrogens with zero attached hydrogens (tertiary/aromatic N) is 2. The number of hydrogen-bond acceptors (Lipinski definition) is 7. The van der Waals surface area contributed by atoms with Gasteiger partial charge >= 0.3 is 0 Å². The van der Waals surface area contributed by atoms with Crippen LogP contribution in [-0.4, -0.2) is 51.4 Å². The summed E-state index contributed by atoms with van der Waals surface area (Å²) >= 11 is 13.7. The summed E-state index contributed by atoms with van der Waals surface area (Å²) in [7, 11) is 0.0322. The van der Waals surface area contributed by atoms with Gasteiger partial charge in [-0.2, -0.15) is 0 Å². The van der Waals surface area contributed by atoms with E-state index in [2.05, 4.69) is 0 Å². The second-order valence-electron chi connectivity index (χ2n) is 7.07. The van der Waals surface area contributed by atoms with Crippen LogP contribution in [0.4, 0.5) is 5.69 Å². The molecule has 6 nitrogen and oxygen atoms in total. The lowest BCUT2D eigenvalue weighted by Crippen LogP contribution is -2.39. The molecule has 1 saturated heterocycles. The summed E-state index contributed by atoms with van der Waals surface area (Å²) in [6, 6.07) is 10.4. The SMILES string of the molecule is COc1ccc(OC)c(N2C(SCc3ccc(Cl)c(Cl)c3)=N[C@@H]3CS(=O)(=O)C[C@H]32)c1. The van der Waals surface area contributed by atoms with E-state index >= 15 is 0 Å². The Hall–Kier alpha value is -1.61. The van der Waals surface area contributed by atoms with Crippen molar-refractivity contribution in [2.24, 2.45) is 4.99 Å². The fraction of sp³-hybridized carbons (Fsp3) is 0.350. The van der Waals surface area contributed by atoms with Gasteiger partial charge in [0.1, 0.15) is 11.5 Å². The molecule has 0 radical (unpaired) electrons. The van der Waals surface area contributed by atoms with Crippen molar-refractivity contribution >= 4 is 55.7 Å². The van der Waals surface area contributed by atoms with E-state index in [1.165, 1.54) is 11.8 Å². The zero-order chi connectivity index (χ0) is 21.5. The van der Waals surface area contributed by atoms with Crippen molar-refractivity contribution in [2.45, 2.75) is 17.8 Å². The van der Waals surface area contributed by atoms with Gasteiger partial charge in [-0.1, -0.05) is 41.0 Å². The molecule has 2 aliphatic rings. The van der Waals surface area contributed by atoms with Gasteiger partial charge in [-0.3, -0.25) is 4.99 Å². The highest BCUT2D eigenvalue weighted by atomic mass is 35.5. The Morgan fingerprint density at radius 1 is 1.10 bits per heavy atom. The summed E-state index contributed by atoms with van der Waals surface area (Å²) in [6.45, 7) is 0. The van der Waals surface area contributed by atoms with Gasteiger partial charge in [0.2, 0.25) is 0 Å². The van der Waals surface area contributed by atoms with Gasteiger partial charge in [-0.15, -0.1) is 0 Å². The highest BCUT2D eigenvalue weighted by Crippen LogP contribution is 2.41. The summed E-state index contributed by atoms with van der Waals surface area (Å²) in [5.74, 6) is 2.01. The second kappa shape index (κ2) is 8.49. The maximum Gasteiger partial charge on any atom is 0.164 e. The number of halogens is 2. The number of benzene rings is 2. The summed E-state index contributed by atoms with van der Waals surface area (Å²) < 4.78 is 35.5. The molecule has 0 bridgehead atoms. The van der Waals surface area contributed by atoms with Crippen molar-refractivity contribution in [3.63, 3.8) is 0 Å². The zero-order valence-electron chi connectivity index (χ0n) is 16.3. The first-order valence-corrected chi connectivity index (χ1v) is 12.7.